The van der Waals surface area contributed by atoms with Gasteiger partial charge in [0.05, 0.1) is 6.04 Å². The number of hydrogen-bond acceptors (Lipinski definition) is 3. The Bertz CT molecular complexity index is 584. The lowest BCUT2D eigenvalue weighted by Crippen LogP contribution is -2.25. The molecule has 3 nitrogen and oxygen atoms in total. The molecule has 0 fully saturated rings. The van der Waals surface area contributed by atoms with Gasteiger partial charge in [-0.15, -0.1) is 0 Å². The molecule has 1 heterocycles. The van der Waals surface area contributed by atoms with Crippen molar-refractivity contribution in [2.24, 2.45) is 0 Å². The van der Waals surface area contributed by atoms with E-state index in [1.165, 1.54) is 6.07 Å². The van der Waals surface area contributed by atoms with Gasteiger partial charge < -0.3 is 11.1 Å². The topological polar surface area (TPSA) is 50.9 Å². The van der Waals surface area contributed by atoms with Crippen LogP contribution >= 0.6 is 0 Å². The zero-order valence-electron chi connectivity index (χ0n) is 11.9. The van der Waals surface area contributed by atoms with Gasteiger partial charge in [0, 0.05) is 29.2 Å². The predicted molar refractivity (Wildman–Crippen MR) is 79.9 cm³/mol. The molecule has 1 aromatic heterocycles. The lowest BCUT2D eigenvalue weighted by Gasteiger charge is -2.21. The Balaban J connectivity index is 2.47. The number of anilines is 1. The van der Waals surface area contributed by atoms with E-state index in [4.69, 9.17) is 5.73 Å². The van der Waals surface area contributed by atoms with E-state index in [2.05, 4.69) is 17.2 Å². The highest BCUT2D eigenvalue weighted by Crippen LogP contribution is 2.28. The summed E-state index contributed by atoms with van der Waals surface area (Å²) in [6.45, 7) is 4.81. The highest BCUT2D eigenvalue weighted by atomic mass is 19.1. The number of nitrogens with two attached hydrogens (primary N) is 1. The second kappa shape index (κ2) is 6.48. The molecule has 0 radical (unpaired) electrons. The van der Waals surface area contributed by atoms with Gasteiger partial charge in [-0.1, -0.05) is 24.6 Å². The standard InChI is InChI=1S/C16H20FN3/c1-3-7-20-16(13-10-19-8-6-15(13)18)12-9-11(2)4-5-14(12)17/h4-6,8-10,16,20H,3,7H2,1-2H3,(H2,18,19). The van der Waals surface area contributed by atoms with Crippen LogP contribution in [0.4, 0.5) is 10.1 Å². The molecule has 0 aliphatic carbocycles. The highest BCUT2D eigenvalue weighted by Gasteiger charge is 2.19. The van der Waals surface area contributed by atoms with E-state index in [9.17, 15) is 4.39 Å². The summed E-state index contributed by atoms with van der Waals surface area (Å²) in [6.07, 6.45) is 4.30. The van der Waals surface area contributed by atoms with Crippen molar-refractivity contribution in [2.45, 2.75) is 26.3 Å². The first-order valence-corrected chi connectivity index (χ1v) is 6.82. The minimum atomic E-state index is -0.274. The molecule has 0 saturated carbocycles. The normalized spacial score (nSPS) is 12.3. The molecule has 0 aliphatic heterocycles. The van der Waals surface area contributed by atoms with Crippen molar-refractivity contribution in [3.8, 4) is 0 Å². The van der Waals surface area contributed by atoms with E-state index >= 15 is 0 Å². The number of benzene rings is 1. The van der Waals surface area contributed by atoms with Crippen molar-refractivity contribution in [3.63, 3.8) is 0 Å². The van der Waals surface area contributed by atoms with Crippen LogP contribution in [-0.4, -0.2) is 11.5 Å². The Morgan fingerprint density at radius 1 is 1.30 bits per heavy atom. The molecule has 2 rings (SSSR count). The van der Waals surface area contributed by atoms with Crippen LogP contribution in [0.3, 0.4) is 0 Å². The van der Waals surface area contributed by atoms with Crippen LogP contribution in [0.1, 0.15) is 36.1 Å². The number of nitrogen functional groups attached to an aromatic ring is 1. The molecule has 1 unspecified atom stereocenters. The molecule has 0 aliphatic rings. The van der Waals surface area contributed by atoms with Crippen LogP contribution < -0.4 is 11.1 Å². The van der Waals surface area contributed by atoms with Gasteiger partial charge in [0.15, 0.2) is 0 Å². The fourth-order valence-corrected chi connectivity index (χ4v) is 2.22. The van der Waals surface area contributed by atoms with Crippen LogP contribution in [0, 0.1) is 12.7 Å². The largest absolute Gasteiger partial charge is 0.398 e. The maximum atomic E-state index is 14.2. The van der Waals surface area contributed by atoms with Crippen molar-refractivity contribution in [1.82, 2.24) is 10.3 Å². The molecule has 3 N–H and O–H groups in total. The average molecular weight is 273 g/mol. The Morgan fingerprint density at radius 2 is 2.10 bits per heavy atom. The summed E-state index contributed by atoms with van der Waals surface area (Å²) in [5, 5.41) is 3.35. The highest BCUT2D eigenvalue weighted by molar-refractivity contribution is 5.50. The van der Waals surface area contributed by atoms with Gasteiger partial charge in [0.2, 0.25) is 0 Å². The molecule has 1 aromatic carbocycles. The minimum absolute atomic E-state index is 0.229. The monoisotopic (exact) mass is 273 g/mol. The van der Waals surface area contributed by atoms with Gasteiger partial charge in [0.1, 0.15) is 5.82 Å². The summed E-state index contributed by atoms with van der Waals surface area (Å²) in [6, 6.07) is 6.59. The predicted octanol–water partition coefficient (Wildman–Crippen LogP) is 3.20. The molecule has 2 aromatic rings. The quantitative estimate of drug-likeness (QED) is 0.879. The zero-order chi connectivity index (χ0) is 14.5. The fourth-order valence-electron chi connectivity index (χ4n) is 2.22. The van der Waals surface area contributed by atoms with E-state index in [1.807, 2.05) is 13.0 Å². The SMILES string of the molecule is CCCNC(c1cnccc1N)c1cc(C)ccc1F. The molecular weight excluding hydrogens is 253 g/mol. The van der Waals surface area contributed by atoms with Crippen molar-refractivity contribution in [2.75, 3.05) is 12.3 Å². The number of aromatic nitrogens is 1. The number of nitrogens with one attached hydrogen (secondary N) is 1. The Morgan fingerprint density at radius 3 is 2.80 bits per heavy atom. The number of halogens is 1. The minimum Gasteiger partial charge on any atom is -0.398 e. The first-order valence-electron chi connectivity index (χ1n) is 6.82. The third-order valence-corrected chi connectivity index (χ3v) is 3.26. The number of aryl methyl sites for hydroxylation is 1. The Hall–Kier alpha value is -1.94. The summed E-state index contributed by atoms with van der Waals surface area (Å²) in [4.78, 5) is 4.11. The van der Waals surface area contributed by atoms with E-state index in [0.29, 0.717) is 11.3 Å². The lowest BCUT2D eigenvalue weighted by molar-refractivity contribution is 0.546. The van der Waals surface area contributed by atoms with Crippen LogP contribution in [0.5, 0.6) is 0 Å². The van der Waals surface area contributed by atoms with Gasteiger partial charge in [-0.05, 0) is 32.0 Å². The molecule has 0 spiro atoms. The summed E-state index contributed by atoms with van der Waals surface area (Å²) >= 11 is 0. The van der Waals surface area contributed by atoms with E-state index in [1.54, 1.807) is 24.5 Å². The number of hydrogen-bond donors (Lipinski definition) is 2. The first kappa shape index (κ1) is 14.5. The van der Waals surface area contributed by atoms with E-state index < -0.39 is 0 Å². The van der Waals surface area contributed by atoms with Crippen molar-refractivity contribution < 1.29 is 4.39 Å². The smallest absolute Gasteiger partial charge is 0.128 e. The zero-order valence-corrected chi connectivity index (χ0v) is 11.9. The molecule has 0 bridgehead atoms. The molecule has 20 heavy (non-hydrogen) atoms. The number of nitrogens with zero attached hydrogens (tertiary/aromatic N) is 1. The second-order valence-corrected chi connectivity index (χ2v) is 4.92. The van der Waals surface area contributed by atoms with Crippen LogP contribution in [0.25, 0.3) is 0 Å². The third kappa shape index (κ3) is 3.14. The maximum Gasteiger partial charge on any atom is 0.128 e. The van der Waals surface area contributed by atoms with Gasteiger partial charge in [-0.25, -0.2) is 4.39 Å². The van der Waals surface area contributed by atoms with Crippen LogP contribution in [0.15, 0.2) is 36.7 Å². The fraction of sp³-hybridized carbons (Fsp3) is 0.312. The third-order valence-electron chi connectivity index (χ3n) is 3.26. The maximum absolute atomic E-state index is 14.2. The van der Waals surface area contributed by atoms with Crippen molar-refractivity contribution >= 4 is 5.69 Å². The van der Waals surface area contributed by atoms with Crippen molar-refractivity contribution in [1.29, 1.82) is 0 Å². The van der Waals surface area contributed by atoms with Crippen molar-refractivity contribution in [3.05, 3.63) is 59.2 Å². The Labute approximate surface area is 119 Å². The first-order chi connectivity index (χ1) is 9.63. The van der Waals surface area contributed by atoms with Gasteiger partial charge >= 0.3 is 0 Å². The van der Waals surface area contributed by atoms with Crippen LogP contribution in [0.2, 0.25) is 0 Å². The number of pyridine rings is 1. The summed E-state index contributed by atoms with van der Waals surface area (Å²) in [5.41, 5.74) is 9.08. The van der Waals surface area contributed by atoms with Gasteiger partial charge in [-0.3, -0.25) is 4.98 Å². The molecule has 0 amide bonds. The summed E-state index contributed by atoms with van der Waals surface area (Å²) in [5.74, 6) is -0.229. The van der Waals surface area contributed by atoms with Gasteiger partial charge in [0.25, 0.3) is 0 Å². The molecule has 1 atom stereocenters. The van der Waals surface area contributed by atoms with Gasteiger partial charge in [-0.2, -0.15) is 0 Å². The Kier molecular flexibility index (Phi) is 4.69. The van der Waals surface area contributed by atoms with Crippen LogP contribution in [-0.2, 0) is 0 Å². The number of rotatable bonds is 5. The average Bonchev–Trinajstić information content (AvgIpc) is 2.44. The molecular formula is C16H20FN3. The molecule has 106 valence electrons. The van der Waals surface area contributed by atoms with E-state index in [0.717, 1.165) is 24.1 Å². The lowest BCUT2D eigenvalue weighted by atomic mass is 9.96. The summed E-state index contributed by atoms with van der Waals surface area (Å²) in [7, 11) is 0. The second-order valence-electron chi connectivity index (χ2n) is 4.92. The molecule has 0 saturated heterocycles. The molecule has 4 heteroatoms. The summed E-state index contributed by atoms with van der Waals surface area (Å²) < 4.78 is 14.2. The van der Waals surface area contributed by atoms with E-state index in [-0.39, 0.29) is 11.9 Å².